The van der Waals surface area contributed by atoms with E-state index in [1.807, 2.05) is 24.3 Å². The monoisotopic (exact) mass is 380 g/mol. The van der Waals surface area contributed by atoms with Gasteiger partial charge < -0.3 is 10.2 Å². The van der Waals surface area contributed by atoms with Crippen molar-refractivity contribution >= 4 is 17.9 Å². The van der Waals surface area contributed by atoms with E-state index in [-0.39, 0.29) is 11.8 Å². The summed E-state index contributed by atoms with van der Waals surface area (Å²) in [6.45, 7) is 2.74. The molecule has 150 valence electrons. The van der Waals surface area contributed by atoms with Gasteiger partial charge in [-0.2, -0.15) is 0 Å². The van der Waals surface area contributed by atoms with Crippen molar-refractivity contribution in [3.8, 4) is 0 Å². The molecular formula is C24H32N2O2. The molecule has 1 amide bonds. The smallest absolute Gasteiger partial charge is 0.223 e. The number of carbonyl (C=O) groups excluding carboxylic acids is 2. The van der Waals surface area contributed by atoms with E-state index in [2.05, 4.69) is 10.2 Å². The van der Waals surface area contributed by atoms with Crippen molar-refractivity contribution in [1.82, 2.24) is 5.32 Å². The molecule has 1 heterocycles. The van der Waals surface area contributed by atoms with E-state index < -0.39 is 0 Å². The summed E-state index contributed by atoms with van der Waals surface area (Å²) in [6, 6.07) is 7.76. The van der Waals surface area contributed by atoms with Crippen molar-refractivity contribution in [2.45, 2.75) is 51.4 Å². The Labute approximate surface area is 168 Å². The van der Waals surface area contributed by atoms with E-state index in [9.17, 15) is 9.59 Å². The summed E-state index contributed by atoms with van der Waals surface area (Å²) in [4.78, 5) is 26.0. The molecule has 5 fully saturated rings. The fourth-order valence-electron chi connectivity index (χ4n) is 7.09. The Balaban J connectivity index is 1.13. The second-order valence-electron chi connectivity index (χ2n) is 10.1. The topological polar surface area (TPSA) is 49.4 Å². The van der Waals surface area contributed by atoms with Gasteiger partial charge in [-0.25, -0.2) is 0 Å². The van der Waals surface area contributed by atoms with Crippen LogP contribution in [0, 0.1) is 29.1 Å². The molecule has 4 saturated carbocycles. The maximum atomic E-state index is 12.8. The van der Waals surface area contributed by atoms with E-state index in [0.717, 1.165) is 62.2 Å². The lowest BCUT2D eigenvalue weighted by Crippen LogP contribution is -2.52. The van der Waals surface area contributed by atoms with Crippen LogP contribution in [0.1, 0.15) is 61.7 Å². The molecule has 0 atom stereocenters. The van der Waals surface area contributed by atoms with Crippen LogP contribution in [0.2, 0.25) is 0 Å². The van der Waals surface area contributed by atoms with Gasteiger partial charge in [0.25, 0.3) is 0 Å². The van der Waals surface area contributed by atoms with Gasteiger partial charge in [0.2, 0.25) is 5.91 Å². The van der Waals surface area contributed by atoms with Gasteiger partial charge in [-0.3, -0.25) is 9.59 Å². The number of carbonyl (C=O) groups is 2. The molecule has 5 aliphatic rings. The van der Waals surface area contributed by atoms with Gasteiger partial charge in [0.05, 0.1) is 0 Å². The van der Waals surface area contributed by atoms with E-state index in [4.69, 9.17) is 0 Å². The zero-order chi connectivity index (χ0) is 19.1. The summed E-state index contributed by atoms with van der Waals surface area (Å²) in [5, 5.41) is 3.38. The Bertz CT molecular complexity index is 698. The van der Waals surface area contributed by atoms with E-state index >= 15 is 0 Å². The van der Waals surface area contributed by atoms with Gasteiger partial charge in [0.15, 0.2) is 0 Å². The molecule has 4 heteroatoms. The lowest BCUT2D eigenvalue weighted by Gasteiger charge is -2.57. The Kier molecular flexibility index (Phi) is 4.68. The fourth-order valence-corrected chi connectivity index (χ4v) is 7.09. The number of nitrogens with zero attached hydrogens (tertiary/aromatic N) is 1. The summed E-state index contributed by atoms with van der Waals surface area (Å²) >= 11 is 0. The van der Waals surface area contributed by atoms with Gasteiger partial charge >= 0.3 is 0 Å². The largest absolute Gasteiger partial charge is 0.371 e. The Morgan fingerprint density at radius 3 is 2.11 bits per heavy atom. The summed E-state index contributed by atoms with van der Waals surface area (Å²) in [5.41, 5.74) is 2.28. The summed E-state index contributed by atoms with van der Waals surface area (Å²) < 4.78 is 0. The number of piperidine rings is 1. The molecule has 4 bridgehead atoms. The molecule has 1 saturated heterocycles. The van der Waals surface area contributed by atoms with Crippen LogP contribution in [0.15, 0.2) is 24.3 Å². The van der Waals surface area contributed by atoms with Crippen molar-refractivity contribution in [2.24, 2.45) is 29.1 Å². The summed E-state index contributed by atoms with van der Waals surface area (Å²) in [6.07, 6.45) is 11.2. The molecular weight excluding hydrogens is 348 g/mol. The van der Waals surface area contributed by atoms with Gasteiger partial charge in [-0.15, -0.1) is 0 Å². The maximum Gasteiger partial charge on any atom is 0.223 e. The van der Waals surface area contributed by atoms with Crippen LogP contribution in [-0.2, 0) is 4.79 Å². The second kappa shape index (κ2) is 7.20. The van der Waals surface area contributed by atoms with Crippen LogP contribution in [0.25, 0.3) is 0 Å². The first kappa shape index (κ1) is 18.2. The Hall–Kier alpha value is -1.84. The van der Waals surface area contributed by atoms with Crippen LogP contribution < -0.4 is 10.2 Å². The lowest BCUT2D eigenvalue weighted by atomic mass is 9.49. The molecule has 4 nitrogen and oxygen atoms in total. The van der Waals surface area contributed by atoms with Crippen molar-refractivity contribution < 1.29 is 9.59 Å². The third kappa shape index (κ3) is 3.46. The molecule has 1 N–H and O–H groups in total. The van der Waals surface area contributed by atoms with Crippen LogP contribution in [0.4, 0.5) is 5.69 Å². The number of anilines is 1. The van der Waals surface area contributed by atoms with E-state index in [1.165, 1.54) is 38.5 Å². The number of hydrogen-bond acceptors (Lipinski definition) is 3. The number of amides is 1. The van der Waals surface area contributed by atoms with E-state index in [1.54, 1.807) is 0 Å². The number of hydrogen-bond donors (Lipinski definition) is 1. The predicted molar refractivity (Wildman–Crippen MR) is 110 cm³/mol. The molecule has 0 aromatic heterocycles. The average molecular weight is 381 g/mol. The zero-order valence-corrected chi connectivity index (χ0v) is 16.7. The van der Waals surface area contributed by atoms with Crippen molar-refractivity contribution in [3.05, 3.63) is 29.8 Å². The van der Waals surface area contributed by atoms with E-state index in [0.29, 0.717) is 11.0 Å². The second-order valence-corrected chi connectivity index (χ2v) is 10.1. The molecule has 28 heavy (non-hydrogen) atoms. The zero-order valence-electron chi connectivity index (χ0n) is 16.7. The number of nitrogens with one attached hydrogen (secondary N) is 1. The highest BCUT2D eigenvalue weighted by Gasteiger charge is 2.50. The highest BCUT2D eigenvalue weighted by atomic mass is 16.1. The predicted octanol–water partition coefficient (Wildman–Crippen LogP) is 4.05. The lowest BCUT2D eigenvalue weighted by molar-refractivity contribution is -0.127. The van der Waals surface area contributed by atoms with Crippen LogP contribution in [0.5, 0.6) is 0 Å². The normalized spacial score (nSPS) is 34.4. The summed E-state index contributed by atoms with van der Waals surface area (Å²) in [7, 11) is 0. The maximum absolute atomic E-state index is 12.8. The molecule has 0 spiro atoms. The Morgan fingerprint density at radius 1 is 1.00 bits per heavy atom. The third-order valence-corrected chi connectivity index (χ3v) is 8.06. The quantitative estimate of drug-likeness (QED) is 0.784. The van der Waals surface area contributed by atoms with Crippen molar-refractivity contribution in [3.63, 3.8) is 0 Å². The number of benzene rings is 1. The van der Waals surface area contributed by atoms with Crippen molar-refractivity contribution in [2.75, 3.05) is 24.5 Å². The fraction of sp³-hybridized carbons (Fsp3) is 0.667. The average Bonchev–Trinajstić information content (AvgIpc) is 2.71. The van der Waals surface area contributed by atoms with Crippen LogP contribution in [-0.4, -0.2) is 31.8 Å². The Morgan fingerprint density at radius 2 is 1.57 bits per heavy atom. The highest BCUT2D eigenvalue weighted by Crippen LogP contribution is 2.59. The number of rotatable bonds is 5. The molecule has 1 aromatic carbocycles. The van der Waals surface area contributed by atoms with Gasteiger partial charge in [0, 0.05) is 36.8 Å². The minimum Gasteiger partial charge on any atom is -0.371 e. The minimum atomic E-state index is 0.152. The molecule has 0 unspecified atom stereocenters. The van der Waals surface area contributed by atoms with Crippen LogP contribution in [0.3, 0.4) is 0 Å². The molecule has 6 rings (SSSR count). The molecule has 1 aliphatic heterocycles. The van der Waals surface area contributed by atoms with Gasteiger partial charge in [-0.1, -0.05) is 0 Å². The van der Waals surface area contributed by atoms with Crippen molar-refractivity contribution in [1.29, 1.82) is 0 Å². The third-order valence-electron chi connectivity index (χ3n) is 8.06. The first-order valence-corrected chi connectivity index (χ1v) is 11.2. The first-order chi connectivity index (χ1) is 13.6. The number of aldehydes is 1. The first-order valence-electron chi connectivity index (χ1n) is 11.2. The van der Waals surface area contributed by atoms with Crippen LogP contribution >= 0.6 is 0 Å². The van der Waals surface area contributed by atoms with Gasteiger partial charge in [0.1, 0.15) is 6.29 Å². The highest BCUT2D eigenvalue weighted by molar-refractivity contribution is 5.79. The molecule has 0 radical (unpaired) electrons. The summed E-state index contributed by atoms with van der Waals surface area (Å²) in [5.74, 6) is 3.26. The molecule has 4 aliphatic carbocycles. The molecule has 1 aromatic rings. The minimum absolute atomic E-state index is 0.152. The standard InChI is InChI=1S/C24H32N2O2/c27-15-17-1-3-22(4-2-17)26-7-5-21(6-8-26)23(28)25-16-24-12-18-9-19(13-24)11-20(10-18)14-24/h1-4,15,18-21H,5-14,16H2,(H,25,28). The SMILES string of the molecule is O=Cc1ccc(N2CCC(C(=O)NCC34CC5CC(CC(C5)C3)C4)CC2)cc1. The van der Waals surface area contributed by atoms with Gasteiger partial charge in [-0.05, 0) is 98.8 Å².